The van der Waals surface area contributed by atoms with Gasteiger partial charge in [0, 0.05) is 22.8 Å². The van der Waals surface area contributed by atoms with Gasteiger partial charge in [0.05, 0.1) is 24.4 Å². The smallest absolute Gasteiger partial charge is 0.308 e. The van der Waals surface area contributed by atoms with E-state index in [4.69, 9.17) is 9.47 Å². The normalized spacial score (nSPS) is 19.2. The molecule has 1 aromatic heterocycles. The number of aromatic nitrogens is 1. The van der Waals surface area contributed by atoms with Crippen LogP contribution in [0.1, 0.15) is 51.5 Å². The zero-order valence-electron chi connectivity index (χ0n) is 17.7. The van der Waals surface area contributed by atoms with Crippen molar-refractivity contribution in [3.8, 4) is 0 Å². The maximum absolute atomic E-state index is 13.5. The molecule has 0 unspecified atom stereocenters. The van der Waals surface area contributed by atoms with Gasteiger partial charge in [0.25, 0.3) is 5.91 Å². The fourth-order valence-corrected chi connectivity index (χ4v) is 3.85. The van der Waals surface area contributed by atoms with E-state index in [9.17, 15) is 9.59 Å². The van der Waals surface area contributed by atoms with Gasteiger partial charge in [0.2, 0.25) is 0 Å². The summed E-state index contributed by atoms with van der Waals surface area (Å²) in [6.45, 7) is 8.69. The van der Waals surface area contributed by atoms with Gasteiger partial charge in [-0.05, 0) is 42.7 Å². The molecule has 3 rings (SSSR count). The average Bonchev–Trinajstić information content (AvgIpc) is 2.78. The molecule has 2 heterocycles. The first-order valence-electron chi connectivity index (χ1n) is 10.0. The maximum atomic E-state index is 13.5. The fraction of sp³-hybridized carbons (Fsp3) is 0.435. The van der Waals surface area contributed by atoms with E-state index in [1.807, 2.05) is 36.4 Å². The second-order valence-corrected chi connectivity index (χ2v) is 9.37. The van der Waals surface area contributed by atoms with Crippen LogP contribution in [0.15, 0.2) is 47.1 Å². The van der Waals surface area contributed by atoms with Crippen molar-refractivity contribution in [3.05, 3.63) is 58.3 Å². The highest BCUT2D eigenvalue weighted by Gasteiger charge is 2.39. The summed E-state index contributed by atoms with van der Waals surface area (Å²) in [5, 5.41) is 0. The first-order valence-corrected chi connectivity index (χ1v) is 10.8. The van der Waals surface area contributed by atoms with E-state index in [0.717, 1.165) is 15.7 Å². The second-order valence-electron chi connectivity index (χ2n) is 8.46. The number of nitrogens with zero attached hydrogens (tertiary/aromatic N) is 2. The minimum Gasteiger partial charge on any atom is -0.466 e. The van der Waals surface area contributed by atoms with E-state index >= 15 is 0 Å². The van der Waals surface area contributed by atoms with E-state index < -0.39 is 18.2 Å². The van der Waals surface area contributed by atoms with Crippen LogP contribution in [-0.2, 0) is 19.1 Å². The van der Waals surface area contributed by atoms with Crippen molar-refractivity contribution in [3.63, 3.8) is 0 Å². The van der Waals surface area contributed by atoms with Crippen LogP contribution in [0.25, 0.3) is 0 Å². The molecule has 1 aromatic carbocycles. The number of hydrogen-bond acceptors (Lipinski definition) is 5. The Bertz CT molecular complexity index is 911. The third kappa shape index (κ3) is 5.26. The molecule has 30 heavy (non-hydrogen) atoms. The van der Waals surface area contributed by atoms with Gasteiger partial charge in [0.15, 0.2) is 0 Å². The van der Waals surface area contributed by atoms with Crippen molar-refractivity contribution in [2.45, 2.75) is 46.3 Å². The molecule has 2 aromatic rings. The van der Waals surface area contributed by atoms with Crippen molar-refractivity contribution >= 4 is 33.5 Å². The molecular formula is C23H27BrN2O4. The molecule has 0 spiro atoms. The lowest BCUT2D eigenvalue weighted by Gasteiger charge is -2.31. The number of pyridine rings is 1. The molecule has 0 aliphatic carbocycles. The Morgan fingerprint density at radius 1 is 1.27 bits per heavy atom. The van der Waals surface area contributed by atoms with Crippen molar-refractivity contribution in [2.24, 2.45) is 5.41 Å². The Kier molecular flexibility index (Phi) is 6.93. The summed E-state index contributed by atoms with van der Waals surface area (Å²) in [5.41, 5.74) is 2.11. The van der Waals surface area contributed by atoms with Gasteiger partial charge in [-0.3, -0.25) is 14.6 Å². The summed E-state index contributed by atoms with van der Waals surface area (Å²) in [6, 6.07) is 11.3. The van der Waals surface area contributed by atoms with Gasteiger partial charge in [-0.15, -0.1) is 0 Å². The Balaban J connectivity index is 2.13. The molecule has 0 N–H and O–H groups in total. The number of benzene rings is 1. The van der Waals surface area contributed by atoms with Gasteiger partial charge in [-0.1, -0.05) is 42.8 Å². The van der Waals surface area contributed by atoms with Crippen molar-refractivity contribution < 1.29 is 19.1 Å². The zero-order chi connectivity index (χ0) is 21.9. The molecule has 2 atom stereocenters. The number of ether oxygens (including phenoxy) is 2. The highest BCUT2D eigenvalue weighted by atomic mass is 79.9. The van der Waals surface area contributed by atoms with Gasteiger partial charge in [-0.25, -0.2) is 0 Å². The molecule has 7 heteroatoms. The molecule has 1 aliphatic rings. The number of amides is 1. The molecule has 0 fully saturated rings. The van der Waals surface area contributed by atoms with Crippen LogP contribution < -0.4 is 4.90 Å². The van der Waals surface area contributed by atoms with Crippen LogP contribution in [-0.4, -0.2) is 36.1 Å². The Morgan fingerprint density at radius 2 is 2.03 bits per heavy atom. The third-order valence-electron chi connectivity index (χ3n) is 4.65. The van der Waals surface area contributed by atoms with E-state index in [2.05, 4.69) is 41.7 Å². The lowest BCUT2D eigenvalue weighted by molar-refractivity contribution is -0.151. The number of carbonyl (C=O) groups is 2. The van der Waals surface area contributed by atoms with Crippen LogP contribution in [0.5, 0.6) is 0 Å². The van der Waals surface area contributed by atoms with Crippen molar-refractivity contribution in [1.29, 1.82) is 0 Å². The zero-order valence-corrected chi connectivity index (χ0v) is 19.3. The molecule has 1 aliphatic heterocycles. The van der Waals surface area contributed by atoms with E-state index in [1.54, 1.807) is 18.0 Å². The molecule has 6 nitrogen and oxygen atoms in total. The minimum absolute atomic E-state index is 0.147. The van der Waals surface area contributed by atoms with Gasteiger partial charge >= 0.3 is 5.97 Å². The van der Waals surface area contributed by atoms with Crippen LogP contribution in [0.2, 0.25) is 0 Å². The number of carbonyl (C=O) groups excluding carboxylic acids is 2. The topological polar surface area (TPSA) is 68.7 Å². The number of anilines is 1. The fourth-order valence-electron chi connectivity index (χ4n) is 3.47. The summed E-state index contributed by atoms with van der Waals surface area (Å²) in [6.07, 6.45) is -0.0149. The second kappa shape index (κ2) is 9.27. The summed E-state index contributed by atoms with van der Waals surface area (Å²) < 4.78 is 12.2. The number of hydrogen-bond donors (Lipinski definition) is 0. The SMILES string of the molecule is CCOC(=O)C[C@H]1O[C@H](c2ccccn2)c2cc(Br)ccc2N(CC(C)(C)C)C1=O. The lowest BCUT2D eigenvalue weighted by Crippen LogP contribution is -2.44. The predicted molar refractivity (Wildman–Crippen MR) is 118 cm³/mol. The molecule has 0 bridgehead atoms. The Morgan fingerprint density at radius 3 is 2.67 bits per heavy atom. The molecule has 1 amide bonds. The van der Waals surface area contributed by atoms with Crippen LogP contribution >= 0.6 is 15.9 Å². The van der Waals surface area contributed by atoms with E-state index in [1.165, 1.54) is 0 Å². The van der Waals surface area contributed by atoms with Crippen LogP contribution in [0.4, 0.5) is 5.69 Å². The molecule has 0 radical (unpaired) electrons. The monoisotopic (exact) mass is 474 g/mol. The van der Waals surface area contributed by atoms with E-state index in [0.29, 0.717) is 12.2 Å². The quantitative estimate of drug-likeness (QED) is 0.589. The summed E-state index contributed by atoms with van der Waals surface area (Å²) in [7, 11) is 0. The van der Waals surface area contributed by atoms with Gasteiger partial charge < -0.3 is 14.4 Å². The highest BCUT2D eigenvalue weighted by Crippen LogP contribution is 2.40. The van der Waals surface area contributed by atoms with E-state index in [-0.39, 0.29) is 24.3 Å². The summed E-state index contributed by atoms with van der Waals surface area (Å²) >= 11 is 3.53. The average molecular weight is 475 g/mol. The minimum atomic E-state index is -0.968. The van der Waals surface area contributed by atoms with Crippen LogP contribution in [0, 0.1) is 5.41 Å². The van der Waals surface area contributed by atoms with Crippen LogP contribution in [0.3, 0.4) is 0 Å². The number of halogens is 1. The first-order chi connectivity index (χ1) is 14.2. The molecular weight excluding hydrogens is 448 g/mol. The third-order valence-corrected chi connectivity index (χ3v) is 5.14. The van der Waals surface area contributed by atoms with Gasteiger partial charge in [0.1, 0.15) is 12.2 Å². The summed E-state index contributed by atoms with van der Waals surface area (Å²) in [4.78, 5) is 32.0. The van der Waals surface area contributed by atoms with Crippen molar-refractivity contribution in [1.82, 2.24) is 4.98 Å². The summed E-state index contributed by atoms with van der Waals surface area (Å²) in [5.74, 6) is -0.710. The Hall–Kier alpha value is -2.25. The van der Waals surface area contributed by atoms with Gasteiger partial charge in [-0.2, -0.15) is 0 Å². The highest BCUT2D eigenvalue weighted by molar-refractivity contribution is 9.10. The predicted octanol–water partition coefficient (Wildman–Crippen LogP) is 4.66. The Labute approximate surface area is 185 Å². The lowest BCUT2D eigenvalue weighted by atomic mass is 9.94. The number of fused-ring (bicyclic) bond motifs is 1. The maximum Gasteiger partial charge on any atom is 0.308 e. The molecule has 0 saturated heterocycles. The molecule has 160 valence electrons. The standard InChI is InChI=1S/C23H27BrN2O4/c1-5-29-20(27)13-19-22(28)26(14-23(2,3)4)18-10-9-15(24)12-16(18)21(30-19)17-8-6-7-11-25-17/h6-12,19,21H,5,13-14H2,1-4H3/t19-,21+/m1/s1. The number of rotatable bonds is 5. The first kappa shape index (κ1) is 22.4. The van der Waals surface area contributed by atoms with Crippen molar-refractivity contribution in [2.75, 3.05) is 18.1 Å². The number of esters is 1. The largest absolute Gasteiger partial charge is 0.466 e. The molecule has 0 saturated carbocycles.